The van der Waals surface area contributed by atoms with Crippen molar-refractivity contribution in [1.29, 1.82) is 0 Å². The number of likely N-dealkylation sites (tertiary alicyclic amines) is 1. The zero-order valence-corrected chi connectivity index (χ0v) is 19.0. The summed E-state index contributed by atoms with van der Waals surface area (Å²) < 4.78 is 16.3. The van der Waals surface area contributed by atoms with Gasteiger partial charge in [0.2, 0.25) is 5.75 Å². The van der Waals surface area contributed by atoms with E-state index >= 15 is 0 Å². The largest absolute Gasteiger partial charge is 0.493 e. The summed E-state index contributed by atoms with van der Waals surface area (Å²) in [5.74, 6) is 4.63. The zero-order valence-electron chi connectivity index (χ0n) is 18.2. The normalized spacial score (nSPS) is 16.5. The molecule has 0 aromatic heterocycles. The van der Waals surface area contributed by atoms with E-state index in [0.29, 0.717) is 29.7 Å². The summed E-state index contributed by atoms with van der Waals surface area (Å²) in [5.41, 5.74) is 1.04. The molecule has 6 nitrogen and oxygen atoms in total. The lowest BCUT2D eigenvalue weighted by Gasteiger charge is -2.22. The molecule has 0 aliphatic carbocycles. The molecule has 1 aliphatic rings. The molecule has 2 aromatic carbocycles. The van der Waals surface area contributed by atoms with Crippen molar-refractivity contribution in [2.24, 2.45) is 10.9 Å². The molecule has 0 amide bonds. The van der Waals surface area contributed by atoms with Gasteiger partial charge in [-0.05, 0) is 42.2 Å². The minimum atomic E-state index is 0.603. The quantitative estimate of drug-likeness (QED) is 0.390. The average Bonchev–Trinajstić information content (AvgIpc) is 3.26. The van der Waals surface area contributed by atoms with Gasteiger partial charge in [0, 0.05) is 37.3 Å². The molecule has 1 aliphatic heterocycles. The molecule has 2 aromatic rings. The number of guanidine groups is 1. The Morgan fingerprint density at radius 1 is 1.10 bits per heavy atom. The molecule has 1 N–H and O–H groups in total. The lowest BCUT2D eigenvalue weighted by Crippen LogP contribution is -2.39. The van der Waals surface area contributed by atoms with E-state index < -0.39 is 0 Å². The third kappa shape index (κ3) is 5.53. The fraction of sp³-hybridized carbons (Fsp3) is 0.435. The second-order valence-corrected chi connectivity index (χ2v) is 8.25. The standard InChI is InChI=1S/C23H31N3O3S/c1-24-23(25-14-18-12-20(27-2)22(29-4)21(13-18)28-3)26-11-10-17(15-26)16-30-19-8-6-5-7-9-19/h5-9,12-13,17H,10-11,14-16H2,1-4H3,(H,24,25). The predicted octanol–water partition coefficient (Wildman–Crippen LogP) is 3.90. The van der Waals surface area contributed by atoms with Crippen LogP contribution in [-0.4, -0.2) is 58.1 Å². The number of nitrogens with zero attached hydrogens (tertiary/aromatic N) is 2. The van der Waals surface area contributed by atoms with Gasteiger partial charge in [0.15, 0.2) is 17.5 Å². The minimum absolute atomic E-state index is 0.603. The molecule has 0 saturated carbocycles. The van der Waals surface area contributed by atoms with E-state index in [9.17, 15) is 0 Å². The molecule has 1 unspecified atom stereocenters. The second kappa shape index (κ2) is 11.0. The van der Waals surface area contributed by atoms with Crippen molar-refractivity contribution < 1.29 is 14.2 Å². The van der Waals surface area contributed by atoms with Crippen LogP contribution in [0.3, 0.4) is 0 Å². The fourth-order valence-corrected chi connectivity index (χ4v) is 4.69. The van der Waals surface area contributed by atoms with E-state index in [1.807, 2.05) is 30.9 Å². The number of benzene rings is 2. The van der Waals surface area contributed by atoms with Crippen molar-refractivity contribution >= 4 is 17.7 Å². The maximum absolute atomic E-state index is 5.45. The van der Waals surface area contributed by atoms with Crippen LogP contribution in [-0.2, 0) is 6.54 Å². The number of ether oxygens (including phenoxy) is 3. The van der Waals surface area contributed by atoms with Gasteiger partial charge in [-0.2, -0.15) is 0 Å². The Balaban J connectivity index is 1.56. The van der Waals surface area contributed by atoms with Gasteiger partial charge in [0.05, 0.1) is 21.3 Å². The van der Waals surface area contributed by atoms with E-state index in [1.165, 1.54) is 11.3 Å². The fourth-order valence-electron chi connectivity index (χ4n) is 3.64. The van der Waals surface area contributed by atoms with Gasteiger partial charge >= 0.3 is 0 Å². The molecule has 3 rings (SSSR count). The van der Waals surface area contributed by atoms with Crippen molar-refractivity contribution in [1.82, 2.24) is 10.2 Å². The SMILES string of the molecule is CN=C(NCc1cc(OC)c(OC)c(OC)c1)N1CCC(CSc2ccccc2)C1. The van der Waals surface area contributed by atoms with Crippen molar-refractivity contribution in [3.8, 4) is 17.2 Å². The van der Waals surface area contributed by atoms with Crippen LogP contribution in [0.2, 0.25) is 0 Å². The Kier molecular flexibility index (Phi) is 8.13. The summed E-state index contributed by atoms with van der Waals surface area (Å²) in [6.07, 6.45) is 1.19. The molecule has 1 fully saturated rings. The molecule has 0 radical (unpaired) electrons. The number of methoxy groups -OCH3 is 3. The van der Waals surface area contributed by atoms with E-state index in [1.54, 1.807) is 21.3 Å². The van der Waals surface area contributed by atoms with Crippen LogP contribution in [0.1, 0.15) is 12.0 Å². The Morgan fingerprint density at radius 3 is 2.40 bits per heavy atom. The van der Waals surface area contributed by atoms with Crippen LogP contribution in [0, 0.1) is 5.92 Å². The third-order valence-electron chi connectivity index (χ3n) is 5.20. The molecule has 1 heterocycles. The first-order valence-electron chi connectivity index (χ1n) is 10.1. The molecule has 0 bridgehead atoms. The summed E-state index contributed by atoms with van der Waals surface area (Å²) in [7, 11) is 6.71. The molecular formula is C23H31N3O3S. The highest BCUT2D eigenvalue weighted by Gasteiger charge is 2.25. The van der Waals surface area contributed by atoms with Gasteiger partial charge in [-0.3, -0.25) is 4.99 Å². The zero-order chi connectivity index (χ0) is 21.3. The first kappa shape index (κ1) is 22.2. The minimum Gasteiger partial charge on any atom is -0.493 e. The van der Waals surface area contributed by atoms with Crippen molar-refractivity contribution in [3.05, 3.63) is 48.0 Å². The van der Waals surface area contributed by atoms with E-state index in [2.05, 4.69) is 45.5 Å². The number of nitrogens with one attached hydrogen (secondary N) is 1. The van der Waals surface area contributed by atoms with Gasteiger partial charge in [0.1, 0.15) is 0 Å². The Bertz CT molecular complexity index is 820. The lowest BCUT2D eigenvalue weighted by atomic mass is 10.1. The molecule has 1 atom stereocenters. The topological polar surface area (TPSA) is 55.3 Å². The highest BCUT2D eigenvalue weighted by molar-refractivity contribution is 7.99. The van der Waals surface area contributed by atoms with Gasteiger partial charge in [-0.25, -0.2) is 0 Å². The van der Waals surface area contributed by atoms with Gasteiger partial charge in [-0.1, -0.05) is 18.2 Å². The highest BCUT2D eigenvalue weighted by atomic mass is 32.2. The van der Waals surface area contributed by atoms with E-state index in [4.69, 9.17) is 14.2 Å². The number of aliphatic imine (C=N–C) groups is 1. The Morgan fingerprint density at radius 2 is 1.80 bits per heavy atom. The number of thioether (sulfide) groups is 1. The van der Waals surface area contributed by atoms with Gasteiger partial charge in [-0.15, -0.1) is 11.8 Å². The molecule has 0 spiro atoms. The van der Waals surface area contributed by atoms with Gasteiger partial charge in [0.25, 0.3) is 0 Å². The average molecular weight is 430 g/mol. The van der Waals surface area contributed by atoms with Crippen LogP contribution < -0.4 is 19.5 Å². The smallest absolute Gasteiger partial charge is 0.203 e. The molecule has 162 valence electrons. The van der Waals surface area contributed by atoms with Crippen molar-refractivity contribution in [2.75, 3.05) is 47.2 Å². The summed E-state index contributed by atoms with van der Waals surface area (Å²) in [4.78, 5) is 8.17. The summed E-state index contributed by atoms with van der Waals surface area (Å²) in [5, 5.41) is 3.48. The highest BCUT2D eigenvalue weighted by Crippen LogP contribution is 2.38. The van der Waals surface area contributed by atoms with Crippen molar-refractivity contribution in [3.63, 3.8) is 0 Å². The van der Waals surface area contributed by atoms with Gasteiger partial charge < -0.3 is 24.4 Å². The van der Waals surface area contributed by atoms with Crippen molar-refractivity contribution in [2.45, 2.75) is 17.9 Å². The monoisotopic (exact) mass is 429 g/mol. The molecule has 7 heteroatoms. The van der Waals surface area contributed by atoms with Crippen LogP contribution >= 0.6 is 11.8 Å². The number of hydrogen-bond donors (Lipinski definition) is 1. The summed E-state index contributed by atoms with van der Waals surface area (Å²) in [6, 6.07) is 14.5. The summed E-state index contributed by atoms with van der Waals surface area (Å²) in [6.45, 7) is 2.67. The van der Waals surface area contributed by atoms with Crippen LogP contribution in [0.15, 0.2) is 52.4 Å². The Labute approximate surface area is 183 Å². The van der Waals surface area contributed by atoms with E-state index in [0.717, 1.165) is 30.4 Å². The maximum Gasteiger partial charge on any atom is 0.203 e. The number of rotatable bonds is 8. The van der Waals surface area contributed by atoms with E-state index in [-0.39, 0.29) is 0 Å². The first-order chi connectivity index (χ1) is 14.7. The molecular weight excluding hydrogens is 398 g/mol. The maximum atomic E-state index is 5.45. The number of hydrogen-bond acceptors (Lipinski definition) is 5. The van der Waals surface area contributed by atoms with Crippen LogP contribution in [0.5, 0.6) is 17.2 Å². The summed E-state index contributed by atoms with van der Waals surface area (Å²) >= 11 is 1.93. The molecule has 1 saturated heterocycles. The Hall–Kier alpha value is -2.54. The predicted molar refractivity (Wildman–Crippen MR) is 123 cm³/mol. The van der Waals surface area contributed by atoms with Crippen LogP contribution in [0.25, 0.3) is 0 Å². The lowest BCUT2D eigenvalue weighted by molar-refractivity contribution is 0.323. The third-order valence-corrected chi connectivity index (χ3v) is 6.44. The van der Waals surface area contributed by atoms with Crippen LogP contribution in [0.4, 0.5) is 0 Å². The molecule has 30 heavy (non-hydrogen) atoms. The second-order valence-electron chi connectivity index (χ2n) is 7.16. The first-order valence-corrected chi connectivity index (χ1v) is 11.1.